The Bertz CT molecular complexity index is 1260. The molecule has 0 amide bonds. The van der Waals surface area contributed by atoms with Crippen molar-refractivity contribution in [2.24, 2.45) is 17.6 Å². The lowest BCUT2D eigenvalue weighted by Crippen LogP contribution is -2.34. The van der Waals surface area contributed by atoms with Crippen LogP contribution in [-0.2, 0) is 24.2 Å². The fraction of sp³-hybridized carbons (Fsp3) is 0.394. The van der Waals surface area contributed by atoms with Crippen LogP contribution >= 0.6 is 0 Å². The molecule has 2 atom stereocenters. The van der Waals surface area contributed by atoms with Gasteiger partial charge in [0, 0.05) is 18.0 Å². The molecule has 0 aromatic heterocycles. The molecule has 0 saturated carbocycles. The first-order valence-corrected chi connectivity index (χ1v) is 14.0. The number of ketones is 1. The molecule has 3 aromatic carbocycles. The summed E-state index contributed by atoms with van der Waals surface area (Å²) < 4.78 is 10.8. The van der Waals surface area contributed by atoms with Gasteiger partial charge in [-0.05, 0) is 79.9 Å². The van der Waals surface area contributed by atoms with Gasteiger partial charge in [-0.1, -0.05) is 60.7 Å². The lowest BCUT2D eigenvalue weighted by Gasteiger charge is -2.32. The van der Waals surface area contributed by atoms with Gasteiger partial charge in [0.1, 0.15) is 6.04 Å². The van der Waals surface area contributed by atoms with Crippen molar-refractivity contribution in [3.05, 3.63) is 95.1 Å². The van der Waals surface area contributed by atoms with E-state index in [0.717, 1.165) is 49.2 Å². The van der Waals surface area contributed by atoms with Crippen LogP contribution in [0.2, 0.25) is 0 Å². The second kappa shape index (κ2) is 14.1. The number of carboxylic acid groups (broad SMARTS) is 1. The molecule has 212 valence electrons. The molecule has 0 spiro atoms. The fourth-order valence-electron chi connectivity index (χ4n) is 5.67. The van der Waals surface area contributed by atoms with Gasteiger partial charge in [0.05, 0.1) is 14.2 Å². The topological polar surface area (TPSA) is 102 Å². The average Bonchev–Trinajstić information content (AvgIpc) is 3.28. The first-order chi connectivity index (χ1) is 19.4. The largest absolute Gasteiger partial charge is 0.493 e. The van der Waals surface area contributed by atoms with Gasteiger partial charge >= 0.3 is 5.97 Å². The Hall–Kier alpha value is -3.68. The average molecular weight is 545 g/mol. The first kappa shape index (κ1) is 29.3. The van der Waals surface area contributed by atoms with E-state index < -0.39 is 12.0 Å². The SMILES string of the molecule is COc1cc2c(cc1OC)C(=O)C(CC1CCN(Cc3ccccc3)CC1)C2.NC(Cc1ccccc1)C(=O)O. The van der Waals surface area contributed by atoms with E-state index in [2.05, 4.69) is 35.2 Å². The summed E-state index contributed by atoms with van der Waals surface area (Å²) in [7, 11) is 3.26. The highest BCUT2D eigenvalue weighted by atomic mass is 16.5. The van der Waals surface area contributed by atoms with E-state index >= 15 is 0 Å². The van der Waals surface area contributed by atoms with Crippen molar-refractivity contribution < 1.29 is 24.2 Å². The number of nitrogens with two attached hydrogens (primary N) is 1. The quantitative estimate of drug-likeness (QED) is 0.391. The maximum atomic E-state index is 12.9. The van der Waals surface area contributed by atoms with Crippen molar-refractivity contribution in [2.45, 2.75) is 44.7 Å². The number of rotatable bonds is 9. The molecular weight excluding hydrogens is 504 g/mol. The van der Waals surface area contributed by atoms with E-state index in [1.54, 1.807) is 14.2 Å². The number of aliphatic carboxylic acids is 1. The predicted octanol–water partition coefficient (Wildman–Crippen LogP) is 5.00. The molecule has 40 heavy (non-hydrogen) atoms. The molecule has 7 heteroatoms. The molecule has 7 nitrogen and oxygen atoms in total. The van der Waals surface area contributed by atoms with Crippen LogP contribution in [0, 0.1) is 11.8 Å². The van der Waals surface area contributed by atoms with Crippen molar-refractivity contribution in [1.82, 2.24) is 4.90 Å². The molecule has 1 aliphatic carbocycles. The Labute approximate surface area is 236 Å². The monoisotopic (exact) mass is 544 g/mol. The van der Waals surface area contributed by atoms with Gasteiger partial charge in [0.2, 0.25) is 0 Å². The Morgan fingerprint density at radius 3 is 2.10 bits per heavy atom. The normalized spacial score (nSPS) is 17.9. The van der Waals surface area contributed by atoms with Crippen LogP contribution in [0.15, 0.2) is 72.8 Å². The van der Waals surface area contributed by atoms with E-state index in [1.807, 2.05) is 42.5 Å². The summed E-state index contributed by atoms with van der Waals surface area (Å²) in [6.07, 6.45) is 4.57. The van der Waals surface area contributed by atoms with Gasteiger partial charge in [-0.3, -0.25) is 14.5 Å². The summed E-state index contributed by atoms with van der Waals surface area (Å²) >= 11 is 0. The fourth-order valence-corrected chi connectivity index (χ4v) is 5.67. The summed E-state index contributed by atoms with van der Waals surface area (Å²) in [4.78, 5) is 25.9. The highest BCUT2D eigenvalue weighted by molar-refractivity contribution is 6.02. The minimum atomic E-state index is -0.959. The number of ether oxygens (including phenoxy) is 2. The number of piperidine rings is 1. The molecule has 3 aromatic rings. The number of fused-ring (bicyclic) bond motifs is 1. The van der Waals surface area contributed by atoms with Gasteiger partial charge in [-0.2, -0.15) is 0 Å². The zero-order valence-electron chi connectivity index (χ0n) is 23.4. The molecule has 5 rings (SSSR count). The molecule has 0 bridgehead atoms. The van der Waals surface area contributed by atoms with Crippen molar-refractivity contribution in [2.75, 3.05) is 27.3 Å². The molecule has 1 fully saturated rings. The van der Waals surface area contributed by atoms with Crippen molar-refractivity contribution in [3.63, 3.8) is 0 Å². The zero-order valence-corrected chi connectivity index (χ0v) is 23.4. The number of Topliss-reactive ketones (excluding diaryl/α,β-unsaturated/α-hetero) is 1. The Morgan fingerprint density at radius 1 is 0.950 bits per heavy atom. The number of carboxylic acids is 1. The number of methoxy groups -OCH3 is 2. The van der Waals surface area contributed by atoms with Crippen LogP contribution in [0.4, 0.5) is 0 Å². The molecule has 3 N–H and O–H groups in total. The van der Waals surface area contributed by atoms with E-state index in [-0.39, 0.29) is 11.7 Å². The summed E-state index contributed by atoms with van der Waals surface area (Å²) in [5, 5.41) is 8.52. The summed E-state index contributed by atoms with van der Waals surface area (Å²) in [6.45, 7) is 3.27. The number of hydrogen-bond donors (Lipinski definition) is 2. The molecule has 1 heterocycles. The van der Waals surface area contributed by atoms with Crippen molar-refractivity contribution in [1.29, 1.82) is 0 Å². The number of likely N-dealkylation sites (tertiary alicyclic amines) is 1. The van der Waals surface area contributed by atoms with Crippen molar-refractivity contribution in [3.8, 4) is 11.5 Å². The predicted molar refractivity (Wildman–Crippen MR) is 156 cm³/mol. The van der Waals surface area contributed by atoms with Crippen molar-refractivity contribution >= 4 is 11.8 Å². The first-order valence-electron chi connectivity index (χ1n) is 14.0. The van der Waals surface area contributed by atoms with E-state index in [9.17, 15) is 9.59 Å². The standard InChI is InChI=1S/C24H29NO3.C9H11NO2/c1-27-22-14-19-13-20(24(26)21(19)15-23(22)28-2)12-17-8-10-25(11-9-17)16-18-6-4-3-5-7-18;10-8(9(11)12)6-7-4-2-1-3-5-7/h3-7,14-15,17,20H,8-13,16H2,1-2H3;1-5,8H,6,10H2,(H,11,12). The lowest BCUT2D eigenvalue weighted by molar-refractivity contribution is -0.138. The summed E-state index contributed by atoms with van der Waals surface area (Å²) in [5.74, 6) is 1.42. The van der Waals surface area contributed by atoms with Crippen LogP contribution in [0.5, 0.6) is 11.5 Å². The van der Waals surface area contributed by atoms with Crippen LogP contribution in [0.25, 0.3) is 0 Å². The van der Waals surface area contributed by atoms with Crippen LogP contribution in [-0.4, -0.2) is 55.1 Å². The van der Waals surface area contributed by atoms with Gasteiger partial charge < -0.3 is 20.3 Å². The Balaban J connectivity index is 0.000000259. The number of hydrogen-bond acceptors (Lipinski definition) is 6. The number of carbonyl (C=O) groups is 2. The highest BCUT2D eigenvalue weighted by Gasteiger charge is 2.34. The molecule has 2 unspecified atom stereocenters. The van der Waals surface area contributed by atoms with E-state index in [4.69, 9.17) is 20.3 Å². The molecule has 2 aliphatic rings. The Morgan fingerprint density at radius 2 is 1.52 bits per heavy atom. The third kappa shape index (κ3) is 7.71. The molecular formula is C33H40N2O5. The van der Waals surface area contributed by atoms with Gasteiger partial charge in [-0.15, -0.1) is 0 Å². The minimum Gasteiger partial charge on any atom is -0.493 e. The van der Waals surface area contributed by atoms with Gasteiger partial charge in [-0.25, -0.2) is 0 Å². The minimum absolute atomic E-state index is 0.109. The third-order valence-electron chi connectivity index (χ3n) is 7.90. The summed E-state index contributed by atoms with van der Waals surface area (Å²) in [6, 6.07) is 23.1. The Kier molecular flexibility index (Phi) is 10.3. The third-order valence-corrected chi connectivity index (χ3v) is 7.90. The maximum Gasteiger partial charge on any atom is 0.320 e. The van der Waals surface area contributed by atoms with E-state index in [1.165, 1.54) is 18.4 Å². The van der Waals surface area contributed by atoms with E-state index in [0.29, 0.717) is 23.8 Å². The highest BCUT2D eigenvalue weighted by Crippen LogP contribution is 2.39. The summed E-state index contributed by atoms with van der Waals surface area (Å²) in [5.41, 5.74) is 9.61. The second-order valence-electron chi connectivity index (χ2n) is 10.7. The van der Waals surface area contributed by atoms with Crippen LogP contribution in [0.3, 0.4) is 0 Å². The van der Waals surface area contributed by atoms with Crippen LogP contribution < -0.4 is 15.2 Å². The zero-order chi connectivity index (χ0) is 28.5. The number of nitrogens with zero attached hydrogens (tertiary/aromatic N) is 1. The lowest BCUT2D eigenvalue weighted by atomic mass is 9.85. The van der Waals surface area contributed by atoms with Crippen LogP contribution in [0.1, 0.15) is 46.3 Å². The molecule has 0 radical (unpaired) electrons. The second-order valence-corrected chi connectivity index (χ2v) is 10.7. The molecule has 1 aliphatic heterocycles. The van der Waals surface area contributed by atoms with Gasteiger partial charge in [0.25, 0.3) is 0 Å². The smallest absolute Gasteiger partial charge is 0.320 e. The number of benzene rings is 3. The molecule has 1 saturated heterocycles. The van der Waals surface area contributed by atoms with Gasteiger partial charge in [0.15, 0.2) is 17.3 Å². The maximum absolute atomic E-state index is 12.9. The number of carbonyl (C=O) groups excluding carboxylic acids is 1.